The molecule has 1 heterocycles. The summed E-state index contributed by atoms with van der Waals surface area (Å²) in [4.78, 5) is 0. The van der Waals surface area contributed by atoms with Gasteiger partial charge in [-0.2, -0.15) is 10.4 Å². The molecule has 4 nitrogen and oxygen atoms in total. The largest absolute Gasteiger partial charge is 0.363 e. The van der Waals surface area contributed by atoms with Crippen LogP contribution < -0.4 is 5.32 Å². The number of nitrogens with zero attached hydrogens (tertiary/aromatic N) is 3. The molecule has 1 aromatic carbocycles. The molecule has 1 N–H and O–H groups in total. The van der Waals surface area contributed by atoms with Gasteiger partial charge in [-0.1, -0.05) is 15.9 Å². The molecule has 0 saturated carbocycles. The van der Waals surface area contributed by atoms with Crippen LogP contribution in [0.5, 0.6) is 0 Å². The van der Waals surface area contributed by atoms with E-state index >= 15 is 0 Å². The number of nitriles is 1. The highest BCUT2D eigenvalue weighted by Crippen LogP contribution is 2.17. The fraction of sp³-hybridized carbons (Fsp3) is 0.0833. The van der Waals surface area contributed by atoms with Crippen LogP contribution in [0.2, 0.25) is 0 Å². The quantitative estimate of drug-likeness (QED) is 0.947. The van der Waals surface area contributed by atoms with Gasteiger partial charge in [-0.25, -0.2) is 4.39 Å². The van der Waals surface area contributed by atoms with Crippen LogP contribution in [0, 0.1) is 17.1 Å². The molecule has 18 heavy (non-hydrogen) atoms. The van der Waals surface area contributed by atoms with Crippen molar-refractivity contribution in [2.24, 2.45) is 0 Å². The molecule has 0 unspecified atom stereocenters. The molecule has 0 spiro atoms. The van der Waals surface area contributed by atoms with Gasteiger partial charge in [-0.05, 0) is 24.3 Å². The van der Waals surface area contributed by atoms with Gasteiger partial charge in [-0.3, -0.25) is 0 Å². The lowest BCUT2D eigenvalue weighted by atomic mass is 10.2. The summed E-state index contributed by atoms with van der Waals surface area (Å²) in [5.74, 6) is 0.0347. The monoisotopic (exact) mass is 306 g/mol. The molecule has 0 radical (unpaired) electrons. The van der Waals surface area contributed by atoms with Crippen molar-refractivity contribution in [1.29, 1.82) is 5.26 Å². The Bertz CT molecular complexity index is 609. The zero-order chi connectivity index (χ0) is 13.0. The number of anilines is 1. The maximum atomic E-state index is 13.5. The zero-order valence-electron chi connectivity index (χ0n) is 9.19. The fourth-order valence-electron chi connectivity index (χ4n) is 1.41. The van der Waals surface area contributed by atoms with Crippen LogP contribution in [0.3, 0.4) is 0 Å². The Labute approximate surface area is 112 Å². The summed E-state index contributed by atoms with van der Waals surface area (Å²) in [7, 11) is 0. The highest BCUT2D eigenvalue weighted by Gasteiger charge is 2.06. The van der Waals surface area contributed by atoms with Gasteiger partial charge in [0, 0.05) is 16.6 Å². The fourth-order valence-corrected chi connectivity index (χ4v) is 1.82. The van der Waals surface area contributed by atoms with Crippen LogP contribution in [0.25, 0.3) is 0 Å². The first kappa shape index (κ1) is 12.5. The minimum absolute atomic E-state index is 0.235. The third-order valence-electron chi connectivity index (χ3n) is 2.30. The predicted molar refractivity (Wildman–Crippen MR) is 68.2 cm³/mol. The molecule has 0 saturated heterocycles. The Morgan fingerprint density at radius 1 is 1.39 bits per heavy atom. The molecule has 0 aliphatic rings. The maximum absolute atomic E-state index is 13.5. The Morgan fingerprint density at radius 3 is 3.00 bits per heavy atom. The Kier molecular flexibility index (Phi) is 3.85. The number of benzene rings is 1. The topological polar surface area (TPSA) is 61.6 Å². The Hall–Kier alpha value is -2.00. The number of aromatic nitrogens is 2. The van der Waals surface area contributed by atoms with Crippen molar-refractivity contribution in [3.05, 3.63) is 51.9 Å². The lowest BCUT2D eigenvalue weighted by molar-refractivity contribution is 0.612. The molecule has 6 heteroatoms. The second-order valence-corrected chi connectivity index (χ2v) is 4.41. The van der Waals surface area contributed by atoms with E-state index in [0.29, 0.717) is 16.9 Å². The lowest BCUT2D eigenvalue weighted by Crippen LogP contribution is -2.05. The SMILES string of the molecule is N#Cc1ccnnc1NCc1cc(Br)ccc1F. The minimum atomic E-state index is -0.312. The standard InChI is InChI=1S/C12H8BrFN4/c13-10-1-2-11(14)9(5-10)7-16-12-8(6-15)3-4-17-18-12/h1-5H,7H2,(H,16,18). The molecule has 1 aromatic heterocycles. The third kappa shape index (κ3) is 2.81. The van der Waals surface area contributed by atoms with Crippen LogP contribution in [0.1, 0.15) is 11.1 Å². The smallest absolute Gasteiger partial charge is 0.166 e. The van der Waals surface area contributed by atoms with Gasteiger partial charge in [-0.15, -0.1) is 5.10 Å². The van der Waals surface area contributed by atoms with Gasteiger partial charge in [0.15, 0.2) is 5.82 Å². The van der Waals surface area contributed by atoms with Gasteiger partial charge in [0.2, 0.25) is 0 Å². The van der Waals surface area contributed by atoms with Crippen molar-refractivity contribution in [3.63, 3.8) is 0 Å². The van der Waals surface area contributed by atoms with E-state index in [1.54, 1.807) is 18.2 Å². The van der Waals surface area contributed by atoms with Crippen molar-refractivity contribution in [2.45, 2.75) is 6.54 Å². The van der Waals surface area contributed by atoms with Crippen molar-refractivity contribution in [2.75, 3.05) is 5.32 Å². The molecular formula is C12H8BrFN4. The van der Waals surface area contributed by atoms with E-state index in [1.165, 1.54) is 12.3 Å². The number of hydrogen-bond donors (Lipinski definition) is 1. The first-order chi connectivity index (χ1) is 8.70. The first-order valence-corrected chi connectivity index (χ1v) is 5.89. The maximum Gasteiger partial charge on any atom is 0.166 e. The van der Waals surface area contributed by atoms with Crippen LogP contribution >= 0.6 is 15.9 Å². The van der Waals surface area contributed by atoms with E-state index in [0.717, 1.165) is 4.47 Å². The summed E-state index contributed by atoms with van der Waals surface area (Å²) in [6.45, 7) is 0.235. The van der Waals surface area contributed by atoms with Gasteiger partial charge < -0.3 is 5.32 Å². The van der Waals surface area contributed by atoms with E-state index in [1.807, 2.05) is 6.07 Å². The molecule has 0 bridgehead atoms. The molecule has 0 atom stereocenters. The third-order valence-corrected chi connectivity index (χ3v) is 2.79. The normalized spacial score (nSPS) is 9.83. The van der Waals surface area contributed by atoms with Crippen LogP contribution in [0.15, 0.2) is 34.9 Å². The lowest BCUT2D eigenvalue weighted by Gasteiger charge is -2.07. The summed E-state index contributed by atoms with van der Waals surface area (Å²) < 4.78 is 14.3. The van der Waals surface area contributed by atoms with Crippen molar-refractivity contribution >= 4 is 21.7 Å². The Morgan fingerprint density at radius 2 is 2.22 bits per heavy atom. The van der Waals surface area contributed by atoms with Gasteiger partial charge in [0.1, 0.15) is 11.9 Å². The summed E-state index contributed by atoms with van der Waals surface area (Å²) in [6.07, 6.45) is 1.43. The van der Waals surface area contributed by atoms with Gasteiger partial charge >= 0.3 is 0 Å². The number of nitrogens with one attached hydrogen (secondary N) is 1. The highest BCUT2D eigenvalue weighted by molar-refractivity contribution is 9.10. The average Bonchev–Trinajstić information content (AvgIpc) is 2.40. The number of rotatable bonds is 3. The van der Waals surface area contributed by atoms with E-state index in [9.17, 15) is 4.39 Å². The molecule has 0 amide bonds. The minimum Gasteiger partial charge on any atom is -0.363 e. The van der Waals surface area contributed by atoms with Crippen molar-refractivity contribution in [1.82, 2.24) is 10.2 Å². The van der Waals surface area contributed by atoms with Crippen molar-refractivity contribution in [3.8, 4) is 6.07 Å². The van der Waals surface area contributed by atoms with E-state index in [2.05, 4.69) is 31.4 Å². The van der Waals surface area contributed by atoms with Gasteiger partial charge in [0.05, 0.1) is 11.8 Å². The summed E-state index contributed by atoms with van der Waals surface area (Å²) >= 11 is 3.28. The van der Waals surface area contributed by atoms with Crippen LogP contribution in [0.4, 0.5) is 10.2 Å². The van der Waals surface area contributed by atoms with Crippen molar-refractivity contribution < 1.29 is 4.39 Å². The highest BCUT2D eigenvalue weighted by atomic mass is 79.9. The second kappa shape index (κ2) is 5.56. The molecular weight excluding hydrogens is 299 g/mol. The van der Waals surface area contributed by atoms with E-state index < -0.39 is 0 Å². The van der Waals surface area contributed by atoms with E-state index in [-0.39, 0.29) is 12.4 Å². The number of hydrogen-bond acceptors (Lipinski definition) is 4. The summed E-state index contributed by atoms with van der Waals surface area (Å²) in [5.41, 5.74) is 0.860. The zero-order valence-corrected chi connectivity index (χ0v) is 10.8. The summed E-state index contributed by atoms with van der Waals surface area (Å²) in [5, 5.41) is 19.2. The predicted octanol–water partition coefficient (Wildman–Crippen LogP) is 2.86. The average molecular weight is 307 g/mol. The second-order valence-electron chi connectivity index (χ2n) is 3.49. The summed E-state index contributed by atoms with van der Waals surface area (Å²) in [6, 6.07) is 8.21. The van der Waals surface area contributed by atoms with Gasteiger partial charge in [0.25, 0.3) is 0 Å². The molecule has 90 valence electrons. The molecule has 2 aromatic rings. The molecule has 0 aliphatic carbocycles. The number of halogens is 2. The molecule has 0 aliphatic heterocycles. The van der Waals surface area contributed by atoms with Crippen LogP contribution in [-0.2, 0) is 6.54 Å². The van der Waals surface area contributed by atoms with Crippen LogP contribution in [-0.4, -0.2) is 10.2 Å². The molecule has 0 fully saturated rings. The Balaban J connectivity index is 2.17. The van der Waals surface area contributed by atoms with E-state index in [4.69, 9.17) is 5.26 Å². The molecule has 2 rings (SSSR count). The first-order valence-electron chi connectivity index (χ1n) is 5.10.